The van der Waals surface area contributed by atoms with Crippen LogP contribution in [0, 0.1) is 5.82 Å². The second-order valence-corrected chi connectivity index (χ2v) is 6.39. The van der Waals surface area contributed by atoms with Gasteiger partial charge in [0.1, 0.15) is 15.9 Å². The van der Waals surface area contributed by atoms with Crippen LogP contribution in [0.25, 0.3) is 0 Å². The first-order valence-corrected chi connectivity index (χ1v) is 7.64. The van der Waals surface area contributed by atoms with Crippen molar-refractivity contribution in [2.45, 2.75) is 4.90 Å². The van der Waals surface area contributed by atoms with Gasteiger partial charge in [-0.15, -0.1) is 0 Å². The lowest BCUT2D eigenvalue weighted by Gasteiger charge is -2.09. The third-order valence-electron chi connectivity index (χ3n) is 2.19. The van der Waals surface area contributed by atoms with Gasteiger partial charge in [-0.25, -0.2) is 17.8 Å². The minimum atomic E-state index is -3.90. The fourth-order valence-electron chi connectivity index (χ4n) is 1.34. The van der Waals surface area contributed by atoms with Gasteiger partial charge in [-0.2, -0.15) is 0 Å². The van der Waals surface area contributed by atoms with Gasteiger partial charge in [-0.1, -0.05) is 11.6 Å². The Morgan fingerprint density at radius 3 is 2.68 bits per heavy atom. The molecular weight excluding hydrogens is 359 g/mol. The molecule has 8 heteroatoms. The lowest BCUT2D eigenvalue weighted by Crippen LogP contribution is -2.14. The smallest absolute Gasteiger partial charge is 0.264 e. The monoisotopic (exact) mass is 364 g/mol. The summed E-state index contributed by atoms with van der Waals surface area (Å²) in [5, 5.41) is -0.146. The molecule has 0 aliphatic rings. The second kappa shape index (κ2) is 5.44. The van der Waals surface area contributed by atoms with Gasteiger partial charge in [-0.05, 0) is 46.3 Å². The van der Waals surface area contributed by atoms with Crippen molar-refractivity contribution < 1.29 is 12.8 Å². The molecule has 0 spiro atoms. The average molecular weight is 366 g/mol. The Kier molecular flexibility index (Phi) is 4.07. The molecule has 1 aromatic carbocycles. The van der Waals surface area contributed by atoms with Gasteiger partial charge in [0.15, 0.2) is 0 Å². The summed E-state index contributed by atoms with van der Waals surface area (Å²) in [7, 11) is -3.90. The minimum absolute atomic E-state index is 0.0978. The van der Waals surface area contributed by atoms with Crippen molar-refractivity contribution in [3.8, 4) is 0 Å². The van der Waals surface area contributed by atoms with E-state index in [1.807, 2.05) is 0 Å². The van der Waals surface area contributed by atoms with Crippen molar-refractivity contribution >= 4 is 43.2 Å². The minimum Gasteiger partial charge on any atom is -0.279 e. The molecule has 0 aliphatic carbocycles. The highest BCUT2D eigenvalue weighted by Crippen LogP contribution is 2.24. The van der Waals surface area contributed by atoms with E-state index in [1.165, 1.54) is 30.5 Å². The molecule has 0 fully saturated rings. The topological polar surface area (TPSA) is 59.1 Å². The summed E-state index contributed by atoms with van der Waals surface area (Å²) in [4.78, 5) is 3.52. The van der Waals surface area contributed by atoms with E-state index in [0.717, 1.165) is 6.07 Å². The van der Waals surface area contributed by atoms with E-state index in [0.29, 0.717) is 0 Å². The molecule has 2 aromatic rings. The lowest BCUT2D eigenvalue weighted by molar-refractivity contribution is 0.600. The van der Waals surface area contributed by atoms with Gasteiger partial charge in [0.05, 0.1) is 10.2 Å². The number of hydrogen-bond donors (Lipinski definition) is 1. The van der Waals surface area contributed by atoms with Crippen molar-refractivity contribution in [3.05, 3.63) is 52.0 Å². The Bertz CT molecular complexity index is 724. The Balaban J connectivity index is 2.37. The molecule has 0 saturated carbocycles. The SMILES string of the molecule is O=S(=O)(Nc1ccc(Br)c(F)c1)c1cccnc1Cl. The number of nitrogens with zero attached hydrogens (tertiary/aromatic N) is 1. The van der Waals surface area contributed by atoms with Crippen molar-refractivity contribution in [2.75, 3.05) is 4.72 Å². The average Bonchev–Trinajstić information content (AvgIpc) is 2.34. The van der Waals surface area contributed by atoms with Crippen molar-refractivity contribution in [1.82, 2.24) is 4.98 Å². The molecule has 1 aromatic heterocycles. The molecule has 100 valence electrons. The number of pyridine rings is 1. The predicted octanol–water partition coefficient (Wildman–Crippen LogP) is 3.44. The maximum atomic E-state index is 13.3. The van der Waals surface area contributed by atoms with E-state index in [2.05, 4.69) is 25.6 Å². The fraction of sp³-hybridized carbons (Fsp3) is 0. The van der Waals surface area contributed by atoms with Gasteiger partial charge in [-0.3, -0.25) is 4.72 Å². The number of hydrogen-bond acceptors (Lipinski definition) is 3. The number of rotatable bonds is 3. The molecular formula is C11H7BrClFN2O2S. The number of aromatic nitrogens is 1. The van der Waals surface area contributed by atoms with Crippen molar-refractivity contribution in [1.29, 1.82) is 0 Å². The lowest BCUT2D eigenvalue weighted by atomic mass is 10.3. The van der Waals surface area contributed by atoms with Gasteiger partial charge in [0, 0.05) is 6.20 Å². The molecule has 0 aliphatic heterocycles. The first kappa shape index (κ1) is 14.2. The highest BCUT2D eigenvalue weighted by molar-refractivity contribution is 9.10. The highest BCUT2D eigenvalue weighted by Gasteiger charge is 2.18. The van der Waals surface area contributed by atoms with Crippen LogP contribution < -0.4 is 4.72 Å². The Morgan fingerprint density at radius 1 is 1.32 bits per heavy atom. The molecule has 1 N–H and O–H groups in total. The largest absolute Gasteiger partial charge is 0.279 e. The molecule has 0 radical (unpaired) electrons. The standard InChI is InChI=1S/C11H7BrClFN2O2S/c12-8-4-3-7(6-9(8)14)16-19(17,18)10-2-1-5-15-11(10)13/h1-6,16H. The number of halogens is 3. The fourth-order valence-corrected chi connectivity index (χ4v) is 3.09. The van der Waals surface area contributed by atoms with Crippen LogP contribution in [-0.4, -0.2) is 13.4 Å². The molecule has 19 heavy (non-hydrogen) atoms. The van der Waals surface area contributed by atoms with E-state index < -0.39 is 15.8 Å². The maximum Gasteiger partial charge on any atom is 0.264 e. The summed E-state index contributed by atoms with van der Waals surface area (Å²) in [5.74, 6) is -0.572. The third kappa shape index (κ3) is 3.23. The van der Waals surface area contributed by atoms with Gasteiger partial charge in [0.25, 0.3) is 10.0 Å². The number of sulfonamides is 1. The molecule has 0 saturated heterocycles. The second-order valence-electron chi connectivity index (χ2n) is 3.53. The summed E-state index contributed by atoms with van der Waals surface area (Å²) in [6, 6.07) is 6.65. The predicted molar refractivity (Wildman–Crippen MR) is 74.2 cm³/mol. The van der Waals surface area contributed by atoms with Crippen LogP contribution in [0.1, 0.15) is 0 Å². The Morgan fingerprint density at radius 2 is 2.05 bits per heavy atom. The summed E-state index contributed by atoms with van der Waals surface area (Å²) < 4.78 is 39.9. The first-order valence-electron chi connectivity index (χ1n) is 4.98. The molecule has 0 bridgehead atoms. The number of nitrogens with one attached hydrogen (secondary N) is 1. The van der Waals surface area contributed by atoms with E-state index in [-0.39, 0.29) is 20.2 Å². The van der Waals surface area contributed by atoms with Crippen LogP contribution in [-0.2, 0) is 10.0 Å². The van der Waals surface area contributed by atoms with Gasteiger partial charge in [0.2, 0.25) is 0 Å². The quantitative estimate of drug-likeness (QED) is 0.848. The Labute approximate surface area is 122 Å². The zero-order valence-electron chi connectivity index (χ0n) is 9.27. The number of benzene rings is 1. The summed E-state index contributed by atoms with van der Waals surface area (Å²) in [6.45, 7) is 0. The molecule has 0 atom stereocenters. The summed E-state index contributed by atoms with van der Waals surface area (Å²) >= 11 is 8.70. The van der Waals surface area contributed by atoms with Crippen LogP contribution in [0.2, 0.25) is 5.15 Å². The van der Waals surface area contributed by atoms with Gasteiger partial charge < -0.3 is 0 Å². The number of anilines is 1. The zero-order chi connectivity index (χ0) is 14.0. The summed E-state index contributed by atoms with van der Waals surface area (Å²) in [6.07, 6.45) is 1.38. The Hall–Kier alpha value is -1.18. The van der Waals surface area contributed by atoms with Crippen molar-refractivity contribution in [2.24, 2.45) is 0 Å². The molecule has 0 unspecified atom stereocenters. The molecule has 1 heterocycles. The van der Waals surface area contributed by atoms with E-state index in [4.69, 9.17) is 11.6 Å². The molecule has 0 amide bonds. The van der Waals surface area contributed by atoms with Crippen LogP contribution in [0.15, 0.2) is 45.9 Å². The van der Waals surface area contributed by atoms with E-state index in [9.17, 15) is 12.8 Å². The molecule has 2 rings (SSSR count). The van der Waals surface area contributed by atoms with Gasteiger partial charge >= 0.3 is 0 Å². The third-order valence-corrected chi connectivity index (χ3v) is 4.66. The highest BCUT2D eigenvalue weighted by atomic mass is 79.9. The van der Waals surface area contributed by atoms with Crippen molar-refractivity contribution in [3.63, 3.8) is 0 Å². The molecule has 4 nitrogen and oxygen atoms in total. The first-order chi connectivity index (χ1) is 8.90. The van der Waals surface area contributed by atoms with Crippen LogP contribution in [0.5, 0.6) is 0 Å². The van der Waals surface area contributed by atoms with E-state index >= 15 is 0 Å². The van der Waals surface area contributed by atoms with Crippen LogP contribution >= 0.6 is 27.5 Å². The summed E-state index contributed by atoms with van der Waals surface area (Å²) in [5.41, 5.74) is 0.0978. The van der Waals surface area contributed by atoms with Crippen LogP contribution in [0.4, 0.5) is 10.1 Å². The normalized spacial score (nSPS) is 11.3. The zero-order valence-corrected chi connectivity index (χ0v) is 12.4. The van der Waals surface area contributed by atoms with Crippen LogP contribution in [0.3, 0.4) is 0 Å². The van der Waals surface area contributed by atoms with E-state index in [1.54, 1.807) is 0 Å². The maximum absolute atomic E-state index is 13.3.